The van der Waals surface area contributed by atoms with Gasteiger partial charge in [-0.05, 0) is 32.3 Å². The predicted octanol–water partition coefficient (Wildman–Crippen LogP) is 2.43. The summed E-state index contributed by atoms with van der Waals surface area (Å²) in [6, 6.07) is 9.88. The van der Waals surface area contributed by atoms with Crippen LogP contribution >= 0.6 is 0 Å². The third-order valence-electron chi connectivity index (χ3n) is 5.23. The standard InChI is InChI=1S/C20H23N3O3/c1-12-3-5-14(6-4-12)16-10-23(20(25)18-9-13(2)22-26-18)11-17(16)21-19(24)15-7-8-15/h3-6,9,15-17H,7-8,10-11H2,1-2H3,(H,21,24)/t16-,17+/m0/s1. The highest BCUT2D eigenvalue weighted by atomic mass is 16.5. The van der Waals surface area contributed by atoms with Gasteiger partial charge in [-0.2, -0.15) is 0 Å². The second kappa shape index (κ2) is 6.59. The number of nitrogens with zero attached hydrogens (tertiary/aromatic N) is 2. The van der Waals surface area contributed by atoms with Gasteiger partial charge in [-0.15, -0.1) is 0 Å². The smallest absolute Gasteiger partial charge is 0.292 e. The summed E-state index contributed by atoms with van der Waals surface area (Å²) in [6.07, 6.45) is 1.93. The summed E-state index contributed by atoms with van der Waals surface area (Å²) in [6.45, 7) is 4.87. The van der Waals surface area contributed by atoms with E-state index >= 15 is 0 Å². The van der Waals surface area contributed by atoms with Crippen molar-refractivity contribution in [2.75, 3.05) is 13.1 Å². The van der Waals surface area contributed by atoms with E-state index in [4.69, 9.17) is 4.52 Å². The zero-order valence-electron chi connectivity index (χ0n) is 15.1. The van der Waals surface area contributed by atoms with Crippen molar-refractivity contribution in [2.24, 2.45) is 5.92 Å². The molecule has 0 spiro atoms. The number of carbonyl (C=O) groups is 2. The molecule has 6 heteroatoms. The maximum atomic E-state index is 12.7. The van der Waals surface area contributed by atoms with E-state index in [2.05, 4.69) is 34.7 Å². The number of benzene rings is 1. The van der Waals surface area contributed by atoms with E-state index < -0.39 is 0 Å². The van der Waals surface area contributed by atoms with Gasteiger partial charge in [0.2, 0.25) is 11.7 Å². The van der Waals surface area contributed by atoms with Crippen LogP contribution in [0.2, 0.25) is 0 Å². The lowest BCUT2D eigenvalue weighted by Gasteiger charge is -2.20. The van der Waals surface area contributed by atoms with Crippen LogP contribution in [-0.4, -0.2) is 41.0 Å². The number of carbonyl (C=O) groups excluding carboxylic acids is 2. The molecule has 26 heavy (non-hydrogen) atoms. The molecule has 1 saturated heterocycles. The lowest BCUT2D eigenvalue weighted by molar-refractivity contribution is -0.123. The summed E-state index contributed by atoms with van der Waals surface area (Å²) in [5.74, 6) is 0.406. The Labute approximate surface area is 152 Å². The number of aromatic nitrogens is 1. The summed E-state index contributed by atoms with van der Waals surface area (Å²) in [5, 5.41) is 6.97. The predicted molar refractivity (Wildman–Crippen MR) is 95.7 cm³/mol. The summed E-state index contributed by atoms with van der Waals surface area (Å²) >= 11 is 0. The van der Waals surface area contributed by atoms with E-state index in [-0.39, 0.29) is 35.5 Å². The highest BCUT2D eigenvalue weighted by molar-refractivity contribution is 5.92. The minimum Gasteiger partial charge on any atom is -0.351 e. The fourth-order valence-electron chi connectivity index (χ4n) is 3.53. The van der Waals surface area contributed by atoms with Crippen LogP contribution in [0.15, 0.2) is 34.9 Å². The zero-order valence-corrected chi connectivity index (χ0v) is 15.1. The Kier molecular flexibility index (Phi) is 4.26. The zero-order chi connectivity index (χ0) is 18.3. The van der Waals surface area contributed by atoms with E-state index in [1.54, 1.807) is 17.9 Å². The van der Waals surface area contributed by atoms with Crippen molar-refractivity contribution in [3.8, 4) is 0 Å². The van der Waals surface area contributed by atoms with Crippen LogP contribution in [0.3, 0.4) is 0 Å². The van der Waals surface area contributed by atoms with Gasteiger partial charge in [0.25, 0.3) is 5.91 Å². The molecule has 0 unspecified atom stereocenters. The molecule has 2 aliphatic rings. The lowest BCUT2D eigenvalue weighted by atomic mass is 9.93. The topological polar surface area (TPSA) is 75.4 Å². The molecule has 0 bridgehead atoms. The summed E-state index contributed by atoms with van der Waals surface area (Å²) < 4.78 is 5.13. The number of nitrogens with one attached hydrogen (secondary N) is 1. The Balaban J connectivity index is 1.55. The molecule has 1 aromatic heterocycles. The molecule has 4 rings (SSSR count). The van der Waals surface area contributed by atoms with Crippen molar-refractivity contribution in [1.82, 2.24) is 15.4 Å². The van der Waals surface area contributed by atoms with E-state index in [0.29, 0.717) is 18.8 Å². The molecule has 2 heterocycles. The van der Waals surface area contributed by atoms with Crippen LogP contribution in [0.4, 0.5) is 0 Å². The average Bonchev–Trinajstić information content (AvgIpc) is 3.27. The minimum atomic E-state index is -0.175. The first-order valence-corrected chi connectivity index (χ1v) is 9.11. The van der Waals surface area contributed by atoms with E-state index in [9.17, 15) is 9.59 Å². The number of hydrogen-bond donors (Lipinski definition) is 1. The summed E-state index contributed by atoms with van der Waals surface area (Å²) in [7, 11) is 0. The number of likely N-dealkylation sites (tertiary alicyclic amines) is 1. The van der Waals surface area contributed by atoms with Gasteiger partial charge in [0.05, 0.1) is 11.7 Å². The summed E-state index contributed by atoms with van der Waals surface area (Å²) in [4.78, 5) is 26.8. The van der Waals surface area contributed by atoms with Gasteiger partial charge in [0.15, 0.2) is 0 Å². The molecule has 1 aromatic carbocycles. The SMILES string of the molecule is Cc1ccc([C@@H]2CN(C(=O)c3cc(C)no3)C[C@H]2NC(=O)C2CC2)cc1. The van der Waals surface area contributed by atoms with Crippen LogP contribution in [-0.2, 0) is 4.79 Å². The third-order valence-corrected chi connectivity index (χ3v) is 5.23. The molecule has 1 saturated carbocycles. The van der Waals surface area contributed by atoms with Crippen LogP contribution in [0.25, 0.3) is 0 Å². The first-order valence-electron chi connectivity index (χ1n) is 9.11. The third kappa shape index (κ3) is 3.36. The van der Waals surface area contributed by atoms with Crippen molar-refractivity contribution in [3.05, 3.63) is 52.9 Å². The quantitative estimate of drug-likeness (QED) is 0.916. The Morgan fingerprint density at radius 3 is 2.50 bits per heavy atom. The van der Waals surface area contributed by atoms with Crippen LogP contribution in [0.1, 0.15) is 46.1 Å². The van der Waals surface area contributed by atoms with Crippen molar-refractivity contribution < 1.29 is 14.1 Å². The largest absolute Gasteiger partial charge is 0.351 e. The highest BCUT2D eigenvalue weighted by Gasteiger charge is 2.40. The molecule has 1 N–H and O–H groups in total. The van der Waals surface area contributed by atoms with Gasteiger partial charge < -0.3 is 14.7 Å². The molecule has 1 aliphatic heterocycles. The molecule has 6 nitrogen and oxygen atoms in total. The van der Waals surface area contributed by atoms with Gasteiger partial charge in [-0.1, -0.05) is 35.0 Å². The second-order valence-electron chi connectivity index (χ2n) is 7.45. The normalized spacial score (nSPS) is 22.5. The molecule has 1 aliphatic carbocycles. The van der Waals surface area contributed by atoms with Gasteiger partial charge in [0.1, 0.15) is 0 Å². The molecule has 2 fully saturated rings. The lowest BCUT2D eigenvalue weighted by Crippen LogP contribution is -2.41. The highest BCUT2D eigenvalue weighted by Crippen LogP contribution is 2.32. The monoisotopic (exact) mass is 353 g/mol. The van der Waals surface area contributed by atoms with Crippen LogP contribution in [0, 0.1) is 19.8 Å². The fourth-order valence-corrected chi connectivity index (χ4v) is 3.53. The molecular weight excluding hydrogens is 330 g/mol. The minimum absolute atomic E-state index is 0.0752. The van der Waals surface area contributed by atoms with Crippen LogP contribution < -0.4 is 5.32 Å². The van der Waals surface area contributed by atoms with Crippen molar-refractivity contribution in [1.29, 1.82) is 0 Å². The maximum absolute atomic E-state index is 12.7. The van der Waals surface area contributed by atoms with Gasteiger partial charge in [-0.25, -0.2) is 0 Å². The fraction of sp³-hybridized carbons (Fsp3) is 0.450. The molecule has 136 valence electrons. The van der Waals surface area contributed by atoms with E-state index in [1.807, 2.05) is 6.92 Å². The Morgan fingerprint density at radius 1 is 1.15 bits per heavy atom. The van der Waals surface area contributed by atoms with Gasteiger partial charge in [-0.3, -0.25) is 9.59 Å². The van der Waals surface area contributed by atoms with Crippen molar-refractivity contribution >= 4 is 11.8 Å². The first kappa shape index (κ1) is 16.8. The number of rotatable bonds is 4. The van der Waals surface area contributed by atoms with E-state index in [0.717, 1.165) is 18.4 Å². The van der Waals surface area contributed by atoms with Crippen molar-refractivity contribution in [3.63, 3.8) is 0 Å². The van der Waals surface area contributed by atoms with Crippen molar-refractivity contribution in [2.45, 2.75) is 38.6 Å². The number of hydrogen-bond acceptors (Lipinski definition) is 4. The first-order chi connectivity index (χ1) is 12.5. The number of amides is 2. The number of aryl methyl sites for hydroxylation is 2. The second-order valence-corrected chi connectivity index (χ2v) is 7.45. The maximum Gasteiger partial charge on any atom is 0.292 e. The summed E-state index contributed by atoms with van der Waals surface area (Å²) in [5.41, 5.74) is 3.01. The Hall–Kier alpha value is -2.63. The Morgan fingerprint density at radius 2 is 1.88 bits per heavy atom. The molecule has 2 atom stereocenters. The van der Waals surface area contributed by atoms with Crippen LogP contribution in [0.5, 0.6) is 0 Å². The molecular formula is C20H23N3O3. The molecule has 0 radical (unpaired) electrons. The van der Waals surface area contributed by atoms with Gasteiger partial charge in [0, 0.05) is 31.0 Å². The average molecular weight is 353 g/mol. The van der Waals surface area contributed by atoms with Gasteiger partial charge >= 0.3 is 0 Å². The molecule has 2 aromatic rings. The Bertz CT molecular complexity index is 823. The van der Waals surface area contributed by atoms with E-state index in [1.165, 1.54) is 5.56 Å². The molecule has 2 amide bonds.